The van der Waals surface area contributed by atoms with Crippen molar-refractivity contribution in [2.24, 2.45) is 0 Å². The molecule has 4 nitrogen and oxygen atoms in total. The molecule has 2 aromatic rings. The van der Waals surface area contributed by atoms with Gasteiger partial charge in [0.15, 0.2) is 0 Å². The maximum Gasteiger partial charge on any atom is 0.264 e. The molecule has 0 spiro atoms. The Hall–Kier alpha value is -1.62. The van der Waals surface area contributed by atoms with Crippen LogP contribution in [-0.4, -0.2) is 33.4 Å². The minimum Gasteiger partial charge on any atom is -0.336 e. The summed E-state index contributed by atoms with van der Waals surface area (Å²) >= 11 is 1.61. The van der Waals surface area contributed by atoms with Gasteiger partial charge < -0.3 is 9.47 Å². The molecule has 1 amide bonds. The van der Waals surface area contributed by atoms with Gasteiger partial charge in [0.1, 0.15) is 0 Å². The fourth-order valence-electron chi connectivity index (χ4n) is 3.22. The number of hydrogen-bond donors (Lipinski definition) is 0. The summed E-state index contributed by atoms with van der Waals surface area (Å²) < 4.78 is 2.13. The number of rotatable bonds is 3. The molecular weight excluding hydrogens is 282 g/mol. The molecule has 5 heteroatoms. The van der Waals surface area contributed by atoms with Crippen LogP contribution in [0.25, 0.3) is 0 Å². The highest BCUT2D eigenvalue weighted by molar-refractivity contribution is 7.12. The molecule has 3 heterocycles. The summed E-state index contributed by atoms with van der Waals surface area (Å²) in [6.45, 7) is 1.68. The summed E-state index contributed by atoms with van der Waals surface area (Å²) in [5.41, 5.74) is 1.29. The van der Waals surface area contributed by atoms with E-state index in [1.165, 1.54) is 18.4 Å². The van der Waals surface area contributed by atoms with Crippen LogP contribution in [0.1, 0.15) is 52.9 Å². The second kappa shape index (κ2) is 5.30. The normalized spacial score (nSPS) is 22.5. The van der Waals surface area contributed by atoms with Gasteiger partial charge in [0.05, 0.1) is 17.2 Å². The fraction of sp³-hybridized carbons (Fsp3) is 0.500. The molecule has 1 saturated heterocycles. The van der Waals surface area contributed by atoms with Gasteiger partial charge in [-0.2, -0.15) is 0 Å². The monoisotopic (exact) mass is 301 g/mol. The van der Waals surface area contributed by atoms with Crippen LogP contribution in [0.2, 0.25) is 0 Å². The SMILES string of the molecule is O=C(c1sccc1C1CC1)N1CCC[C@H](n2ccnc2)C1. The first-order valence-electron chi connectivity index (χ1n) is 7.67. The van der Waals surface area contributed by atoms with Crippen LogP contribution < -0.4 is 0 Å². The van der Waals surface area contributed by atoms with E-state index in [-0.39, 0.29) is 5.91 Å². The number of aromatic nitrogens is 2. The lowest BCUT2D eigenvalue weighted by molar-refractivity contribution is 0.0683. The minimum absolute atomic E-state index is 0.233. The summed E-state index contributed by atoms with van der Waals surface area (Å²) in [6.07, 6.45) is 10.4. The topological polar surface area (TPSA) is 38.1 Å². The van der Waals surface area contributed by atoms with Gasteiger partial charge in [-0.25, -0.2) is 4.98 Å². The van der Waals surface area contributed by atoms with Crippen molar-refractivity contribution in [3.63, 3.8) is 0 Å². The highest BCUT2D eigenvalue weighted by Gasteiger charge is 2.32. The molecule has 2 aromatic heterocycles. The number of amides is 1. The van der Waals surface area contributed by atoms with Gasteiger partial charge in [-0.05, 0) is 48.6 Å². The first kappa shape index (κ1) is 13.1. The van der Waals surface area contributed by atoms with Crippen LogP contribution in [0, 0.1) is 0 Å². The fourth-order valence-corrected chi connectivity index (χ4v) is 4.17. The zero-order valence-corrected chi connectivity index (χ0v) is 12.8. The zero-order chi connectivity index (χ0) is 14.2. The number of thiophene rings is 1. The molecule has 2 fully saturated rings. The van der Waals surface area contributed by atoms with Crippen molar-refractivity contribution in [1.29, 1.82) is 0 Å². The molecule has 4 rings (SSSR count). The molecule has 1 atom stereocenters. The molecule has 0 aromatic carbocycles. The van der Waals surface area contributed by atoms with E-state index in [1.54, 1.807) is 11.3 Å². The predicted molar refractivity (Wildman–Crippen MR) is 82.7 cm³/mol. The Balaban J connectivity index is 1.52. The molecular formula is C16H19N3OS. The third-order valence-electron chi connectivity index (χ3n) is 4.54. The molecule has 110 valence electrons. The van der Waals surface area contributed by atoms with Crippen LogP contribution in [0.4, 0.5) is 0 Å². The summed E-state index contributed by atoms with van der Waals surface area (Å²) in [7, 11) is 0. The van der Waals surface area contributed by atoms with Crippen LogP contribution >= 0.6 is 11.3 Å². The van der Waals surface area contributed by atoms with Gasteiger partial charge in [-0.1, -0.05) is 0 Å². The average Bonchev–Trinajstić information content (AvgIpc) is 3.05. The molecule has 0 bridgehead atoms. The van der Waals surface area contributed by atoms with Crippen molar-refractivity contribution in [2.45, 2.75) is 37.6 Å². The van der Waals surface area contributed by atoms with E-state index in [0.717, 1.165) is 30.8 Å². The zero-order valence-electron chi connectivity index (χ0n) is 11.9. The number of hydrogen-bond acceptors (Lipinski definition) is 3. The third-order valence-corrected chi connectivity index (χ3v) is 5.46. The van der Waals surface area contributed by atoms with E-state index in [9.17, 15) is 4.79 Å². The second-order valence-corrected chi connectivity index (χ2v) is 6.95. The molecule has 0 radical (unpaired) electrons. The number of carbonyl (C=O) groups is 1. The first-order chi connectivity index (χ1) is 10.3. The molecule has 0 N–H and O–H groups in total. The lowest BCUT2D eigenvalue weighted by Gasteiger charge is -2.33. The summed E-state index contributed by atoms with van der Waals surface area (Å²) in [4.78, 5) is 20.0. The van der Waals surface area contributed by atoms with Crippen molar-refractivity contribution in [3.05, 3.63) is 40.6 Å². The van der Waals surface area contributed by atoms with Crippen molar-refractivity contribution >= 4 is 17.2 Å². The van der Waals surface area contributed by atoms with Gasteiger partial charge in [0.25, 0.3) is 5.91 Å². The lowest BCUT2D eigenvalue weighted by atomic mass is 10.0. The number of imidazole rings is 1. The number of piperidine rings is 1. The van der Waals surface area contributed by atoms with E-state index < -0.39 is 0 Å². The Bertz CT molecular complexity index is 630. The van der Waals surface area contributed by atoms with Crippen molar-refractivity contribution in [3.8, 4) is 0 Å². The van der Waals surface area contributed by atoms with Crippen LogP contribution in [-0.2, 0) is 0 Å². The van der Waals surface area contributed by atoms with Gasteiger partial charge in [0.2, 0.25) is 0 Å². The van der Waals surface area contributed by atoms with Crippen molar-refractivity contribution in [1.82, 2.24) is 14.5 Å². The summed E-state index contributed by atoms with van der Waals surface area (Å²) in [5, 5.41) is 2.07. The van der Waals surface area contributed by atoms with E-state index in [1.807, 2.05) is 23.6 Å². The molecule has 1 aliphatic carbocycles. The lowest BCUT2D eigenvalue weighted by Crippen LogP contribution is -2.40. The Labute approximate surface area is 128 Å². The molecule has 1 saturated carbocycles. The van der Waals surface area contributed by atoms with Crippen LogP contribution in [0.15, 0.2) is 30.2 Å². The van der Waals surface area contributed by atoms with Crippen molar-refractivity contribution in [2.75, 3.05) is 13.1 Å². The number of nitrogens with zero attached hydrogens (tertiary/aromatic N) is 3. The smallest absolute Gasteiger partial charge is 0.264 e. The Morgan fingerprint density at radius 3 is 3.00 bits per heavy atom. The highest BCUT2D eigenvalue weighted by atomic mass is 32.1. The minimum atomic E-state index is 0.233. The van der Waals surface area contributed by atoms with E-state index in [2.05, 4.69) is 21.0 Å². The highest BCUT2D eigenvalue weighted by Crippen LogP contribution is 2.43. The van der Waals surface area contributed by atoms with E-state index >= 15 is 0 Å². The second-order valence-electron chi connectivity index (χ2n) is 6.04. The molecule has 2 aliphatic rings. The Kier molecular flexibility index (Phi) is 3.30. The number of likely N-dealkylation sites (tertiary alicyclic amines) is 1. The van der Waals surface area contributed by atoms with Gasteiger partial charge in [0, 0.05) is 25.5 Å². The summed E-state index contributed by atoms with van der Waals surface area (Å²) in [6, 6.07) is 2.52. The Morgan fingerprint density at radius 1 is 1.33 bits per heavy atom. The first-order valence-corrected chi connectivity index (χ1v) is 8.55. The van der Waals surface area contributed by atoms with Gasteiger partial charge in [-0.15, -0.1) is 11.3 Å². The maximum absolute atomic E-state index is 12.8. The van der Waals surface area contributed by atoms with Gasteiger partial charge in [-0.3, -0.25) is 4.79 Å². The van der Waals surface area contributed by atoms with E-state index in [4.69, 9.17) is 0 Å². The molecule has 0 unspecified atom stereocenters. The third kappa shape index (κ3) is 2.50. The van der Waals surface area contributed by atoms with Crippen LogP contribution in [0.3, 0.4) is 0 Å². The van der Waals surface area contributed by atoms with Crippen LogP contribution in [0.5, 0.6) is 0 Å². The largest absolute Gasteiger partial charge is 0.336 e. The molecule has 1 aliphatic heterocycles. The quantitative estimate of drug-likeness (QED) is 0.872. The maximum atomic E-state index is 12.8. The number of carbonyl (C=O) groups excluding carboxylic acids is 1. The van der Waals surface area contributed by atoms with Gasteiger partial charge >= 0.3 is 0 Å². The van der Waals surface area contributed by atoms with E-state index in [0.29, 0.717) is 12.0 Å². The standard InChI is InChI=1S/C16H19N3OS/c20-16(15-14(5-9-21-15)12-3-4-12)18-7-1-2-13(10-18)19-8-6-17-11-19/h5-6,8-9,11-13H,1-4,7,10H2/t13-/m0/s1. The summed E-state index contributed by atoms with van der Waals surface area (Å²) in [5.74, 6) is 0.876. The Morgan fingerprint density at radius 2 is 2.24 bits per heavy atom. The average molecular weight is 301 g/mol. The molecule has 21 heavy (non-hydrogen) atoms. The predicted octanol–water partition coefficient (Wildman–Crippen LogP) is 3.30. The van der Waals surface area contributed by atoms with Crippen molar-refractivity contribution < 1.29 is 4.79 Å².